The fourth-order valence-corrected chi connectivity index (χ4v) is 3.96. The molecule has 4 rings (SSSR count). The number of barbiturate groups is 1. The molecule has 0 unspecified atom stereocenters. The third-order valence-corrected chi connectivity index (χ3v) is 5.65. The van der Waals surface area contributed by atoms with Gasteiger partial charge >= 0.3 is 6.03 Å². The van der Waals surface area contributed by atoms with Gasteiger partial charge in [-0.3, -0.25) is 14.9 Å². The van der Waals surface area contributed by atoms with E-state index in [4.69, 9.17) is 16.3 Å². The number of hydrogen-bond donors (Lipinski definition) is 1. The second-order valence-electron chi connectivity index (χ2n) is 7.59. The topological polar surface area (TPSA) is 75.7 Å². The minimum atomic E-state index is -1.06. The van der Waals surface area contributed by atoms with Crippen LogP contribution >= 0.6 is 11.6 Å². The molecule has 178 valence electrons. The van der Waals surface area contributed by atoms with Crippen molar-refractivity contribution in [3.63, 3.8) is 0 Å². The summed E-state index contributed by atoms with van der Waals surface area (Å²) in [4.78, 5) is 38.4. The van der Waals surface area contributed by atoms with Gasteiger partial charge in [-0.2, -0.15) is 0 Å². The predicted molar refractivity (Wildman–Crippen MR) is 127 cm³/mol. The van der Waals surface area contributed by atoms with Crippen molar-refractivity contribution in [2.24, 2.45) is 0 Å². The Balaban J connectivity index is 1.74. The van der Waals surface area contributed by atoms with Crippen LogP contribution in [0.4, 0.5) is 19.3 Å². The summed E-state index contributed by atoms with van der Waals surface area (Å²) < 4.78 is 34.2. The van der Waals surface area contributed by atoms with Crippen LogP contribution in [-0.2, 0) is 16.0 Å². The number of amides is 4. The number of carbonyl (C=O) groups is 3. The van der Waals surface area contributed by atoms with Crippen molar-refractivity contribution >= 4 is 41.2 Å². The number of anilines is 1. The largest absolute Gasteiger partial charge is 0.494 e. The van der Waals surface area contributed by atoms with Crippen molar-refractivity contribution in [2.75, 3.05) is 11.5 Å². The summed E-state index contributed by atoms with van der Waals surface area (Å²) in [5, 5.41) is 2.28. The van der Waals surface area contributed by atoms with E-state index < -0.39 is 29.2 Å². The van der Waals surface area contributed by atoms with Gasteiger partial charge in [0.25, 0.3) is 11.8 Å². The number of para-hydroxylation sites is 1. The summed E-state index contributed by atoms with van der Waals surface area (Å²) in [6, 6.07) is 13.5. The van der Waals surface area contributed by atoms with E-state index in [0.717, 1.165) is 6.07 Å². The molecule has 6 nitrogen and oxygen atoms in total. The molecule has 0 saturated carbocycles. The molecule has 0 radical (unpaired) electrons. The lowest BCUT2D eigenvalue weighted by Crippen LogP contribution is -2.54. The Morgan fingerprint density at radius 1 is 1.00 bits per heavy atom. The molecule has 0 bridgehead atoms. The van der Waals surface area contributed by atoms with Crippen LogP contribution in [0.5, 0.6) is 5.75 Å². The maximum atomic E-state index is 14.3. The average Bonchev–Trinajstić information content (AvgIpc) is 2.81. The van der Waals surface area contributed by atoms with Crippen LogP contribution < -0.4 is 15.0 Å². The summed E-state index contributed by atoms with van der Waals surface area (Å²) in [6.07, 6.45) is 1.39. The summed E-state index contributed by atoms with van der Waals surface area (Å²) >= 11 is 6.50. The molecule has 1 aliphatic rings. The summed E-state index contributed by atoms with van der Waals surface area (Å²) in [5.74, 6) is -2.77. The molecule has 0 aliphatic carbocycles. The van der Waals surface area contributed by atoms with Crippen LogP contribution in [0.3, 0.4) is 0 Å². The van der Waals surface area contributed by atoms with Crippen molar-refractivity contribution in [2.45, 2.75) is 13.3 Å². The van der Waals surface area contributed by atoms with Crippen molar-refractivity contribution < 1.29 is 27.9 Å². The first-order chi connectivity index (χ1) is 16.8. The first-order valence-electron chi connectivity index (χ1n) is 10.6. The molecule has 0 atom stereocenters. The lowest BCUT2D eigenvalue weighted by atomic mass is 10.00. The van der Waals surface area contributed by atoms with E-state index >= 15 is 0 Å². The van der Waals surface area contributed by atoms with Gasteiger partial charge in [-0.05, 0) is 54.5 Å². The van der Waals surface area contributed by atoms with Gasteiger partial charge in [0.2, 0.25) is 0 Å². The van der Waals surface area contributed by atoms with Gasteiger partial charge in [0.1, 0.15) is 23.0 Å². The van der Waals surface area contributed by atoms with Gasteiger partial charge in [-0.1, -0.05) is 41.9 Å². The third-order valence-electron chi connectivity index (χ3n) is 5.31. The van der Waals surface area contributed by atoms with E-state index in [9.17, 15) is 23.2 Å². The zero-order valence-electron chi connectivity index (χ0n) is 18.5. The molecular formula is C26H19ClF2N2O4. The smallest absolute Gasteiger partial charge is 0.336 e. The number of nitrogens with one attached hydrogen (secondary N) is 1. The highest BCUT2D eigenvalue weighted by atomic mass is 35.5. The van der Waals surface area contributed by atoms with Crippen LogP contribution in [-0.4, -0.2) is 24.5 Å². The minimum Gasteiger partial charge on any atom is -0.494 e. The summed E-state index contributed by atoms with van der Waals surface area (Å²) in [5.41, 5.74) is 0.595. The molecule has 1 heterocycles. The van der Waals surface area contributed by atoms with Crippen LogP contribution in [0.1, 0.15) is 23.6 Å². The summed E-state index contributed by atoms with van der Waals surface area (Å²) in [6.45, 7) is 2.05. The molecule has 3 aromatic carbocycles. The highest BCUT2D eigenvalue weighted by Crippen LogP contribution is 2.33. The lowest BCUT2D eigenvalue weighted by molar-refractivity contribution is -0.122. The van der Waals surface area contributed by atoms with Gasteiger partial charge < -0.3 is 4.74 Å². The number of nitrogens with zero attached hydrogens (tertiary/aromatic N) is 1. The highest BCUT2D eigenvalue weighted by molar-refractivity contribution is 6.39. The van der Waals surface area contributed by atoms with E-state index in [1.165, 1.54) is 36.4 Å². The Morgan fingerprint density at radius 2 is 1.69 bits per heavy atom. The number of ether oxygens (including phenoxy) is 1. The van der Waals surface area contributed by atoms with Crippen LogP contribution in [0.15, 0.2) is 66.2 Å². The highest BCUT2D eigenvalue weighted by Gasteiger charge is 2.38. The molecule has 1 aliphatic heterocycles. The second-order valence-corrected chi connectivity index (χ2v) is 8.00. The number of urea groups is 1. The number of carbonyl (C=O) groups excluding carboxylic acids is 3. The molecule has 1 saturated heterocycles. The quantitative estimate of drug-likeness (QED) is 0.372. The Hall–Kier alpha value is -4.04. The zero-order valence-corrected chi connectivity index (χ0v) is 19.2. The number of rotatable bonds is 6. The van der Waals surface area contributed by atoms with Gasteiger partial charge in [-0.25, -0.2) is 18.5 Å². The molecule has 35 heavy (non-hydrogen) atoms. The second kappa shape index (κ2) is 10.1. The fourth-order valence-electron chi connectivity index (χ4n) is 3.68. The van der Waals surface area contributed by atoms with E-state index in [2.05, 4.69) is 0 Å². The SMILES string of the molecule is CCOc1cc(/C=C2/C(=O)NC(=O)N(c3ccccc3F)C2=O)cc(Cl)c1Cc1ccccc1F. The van der Waals surface area contributed by atoms with E-state index in [1.807, 2.05) is 5.32 Å². The Bertz CT molecular complexity index is 1370. The van der Waals surface area contributed by atoms with Crippen molar-refractivity contribution in [1.29, 1.82) is 0 Å². The molecule has 0 aromatic heterocycles. The third kappa shape index (κ3) is 4.93. The van der Waals surface area contributed by atoms with E-state index in [-0.39, 0.29) is 29.6 Å². The molecule has 4 amide bonds. The average molecular weight is 497 g/mol. The van der Waals surface area contributed by atoms with Crippen LogP contribution in [0, 0.1) is 11.6 Å². The Labute approximate surface area is 204 Å². The van der Waals surface area contributed by atoms with E-state index in [1.54, 1.807) is 31.2 Å². The lowest BCUT2D eigenvalue weighted by Gasteiger charge is -2.26. The first-order valence-corrected chi connectivity index (χ1v) is 11.0. The fraction of sp³-hybridized carbons (Fsp3) is 0.115. The number of imide groups is 2. The van der Waals surface area contributed by atoms with Crippen LogP contribution in [0.2, 0.25) is 5.02 Å². The van der Waals surface area contributed by atoms with Gasteiger partial charge in [0.15, 0.2) is 0 Å². The van der Waals surface area contributed by atoms with Crippen LogP contribution in [0.25, 0.3) is 6.08 Å². The van der Waals surface area contributed by atoms with Crippen molar-refractivity contribution in [3.05, 3.63) is 99.6 Å². The maximum Gasteiger partial charge on any atom is 0.336 e. The number of halogens is 3. The normalized spacial score (nSPS) is 14.9. The standard InChI is InChI=1S/C26H19ClF2N2O4/c1-2-35-23-13-15(12-19(27)17(23)14-16-7-3-4-8-20(16)28)11-18-24(32)30-26(34)31(25(18)33)22-10-6-5-9-21(22)29/h3-13H,2,14H2,1H3,(H,30,32,34)/b18-11-. The zero-order chi connectivity index (χ0) is 25.1. The molecular weight excluding hydrogens is 478 g/mol. The predicted octanol–water partition coefficient (Wildman–Crippen LogP) is 5.27. The number of benzene rings is 3. The molecule has 3 aromatic rings. The van der Waals surface area contributed by atoms with Gasteiger partial charge in [-0.15, -0.1) is 0 Å². The van der Waals surface area contributed by atoms with E-state index in [0.29, 0.717) is 27.3 Å². The van der Waals surface area contributed by atoms with Crippen molar-refractivity contribution in [1.82, 2.24) is 5.32 Å². The Kier molecular flexibility index (Phi) is 6.93. The van der Waals surface area contributed by atoms with Gasteiger partial charge in [0.05, 0.1) is 12.3 Å². The number of hydrogen-bond acceptors (Lipinski definition) is 4. The monoisotopic (exact) mass is 496 g/mol. The molecule has 9 heteroatoms. The molecule has 1 fully saturated rings. The first kappa shape index (κ1) is 24.1. The van der Waals surface area contributed by atoms with Gasteiger partial charge in [0, 0.05) is 17.0 Å². The Morgan fingerprint density at radius 3 is 2.37 bits per heavy atom. The molecule has 0 spiro atoms. The van der Waals surface area contributed by atoms with Crippen molar-refractivity contribution in [3.8, 4) is 5.75 Å². The maximum absolute atomic E-state index is 14.3. The summed E-state index contributed by atoms with van der Waals surface area (Å²) in [7, 11) is 0. The minimum absolute atomic E-state index is 0.159. The molecule has 1 N–H and O–H groups in total.